The second-order valence-corrected chi connectivity index (χ2v) is 7.27. The molecule has 2 rings (SSSR count). The molecule has 1 unspecified atom stereocenters. The minimum atomic E-state index is -0.410. The van der Waals surface area contributed by atoms with Crippen molar-refractivity contribution in [3.8, 4) is 0 Å². The zero-order valence-electron chi connectivity index (χ0n) is 13.9. The highest BCUT2D eigenvalue weighted by molar-refractivity contribution is 5.68. The summed E-state index contributed by atoms with van der Waals surface area (Å²) in [6.07, 6.45) is 4.72. The summed E-state index contributed by atoms with van der Waals surface area (Å²) in [4.78, 5) is 16.5. The zero-order chi connectivity index (χ0) is 15.3. The molecule has 5 heteroatoms. The van der Waals surface area contributed by atoms with Crippen LogP contribution in [0.15, 0.2) is 0 Å². The Kier molecular flexibility index (Phi) is 5.88. The van der Waals surface area contributed by atoms with Crippen LogP contribution in [-0.2, 0) is 4.74 Å². The van der Waals surface area contributed by atoms with E-state index in [2.05, 4.69) is 10.2 Å². The molecule has 2 aliphatic rings. The Hall–Kier alpha value is -0.810. The number of rotatable bonds is 4. The molecule has 0 aromatic rings. The molecule has 0 aromatic heterocycles. The molecule has 0 saturated carbocycles. The summed E-state index contributed by atoms with van der Waals surface area (Å²) in [5.74, 6) is 0. The topological polar surface area (TPSA) is 44.8 Å². The van der Waals surface area contributed by atoms with Crippen molar-refractivity contribution in [2.24, 2.45) is 0 Å². The zero-order valence-corrected chi connectivity index (χ0v) is 13.9. The molecule has 5 nitrogen and oxygen atoms in total. The van der Waals surface area contributed by atoms with Crippen LogP contribution in [0.1, 0.15) is 46.5 Å². The molecule has 1 N–H and O–H groups in total. The average molecular weight is 297 g/mol. The number of carbonyl (C=O) groups excluding carboxylic acids is 1. The van der Waals surface area contributed by atoms with Gasteiger partial charge in [-0.3, -0.25) is 0 Å². The van der Waals surface area contributed by atoms with Gasteiger partial charge in [-0.15, -0.1) is 0 Å². The summed E-state index contributed by atoms with van der Waals surface area (Å²) in [5.41, 5.74) is -0.410. The number of hydrogen-bond acceptors (Lipinski definition) is 4. The first-order valence-corrected chi connectivity index (χ1v) is 8.38. The van der Waals surface area contributed by atoms with E-state index < -0.39 is 5.60 Å². The predicted octanol–water partition coefficient (Wildman–Crippen LogP) is 2.07. The van der Waals surface area contributed by atoms with E-state index in [4.69, 9.17) is 4.74 Å². The van der Waals surface area contributed by atoms with Crippen LogP contribution in [0.5, 0.6) is 0 Å². The molecule has 122 valence electrons. The van der Waals surface area contributed by atoms with Crippen molar-refractivity contribution in [1.29, 1.82) is 0 Å². The average Bonchev–Trinajstić information content (AvgIpc) is 2.90. The van der Waals surface area contributed by atoms with Crippen molar-refractivity contribution in [1.82, 2.24) is 15.1 Å². The first-order chi connectivity index (χ1) is 9.94. The van der Waals surface area contributed by atoms with Crippen LogP contribution in [0, 0.1) is 0 Å². The summed E-state index contributed by atoms with van der Waals surface area (Å²) >= 11 is 0. The predicted molar refractivity (Wildman–Crippen MR) is 84.5 cm³/mol. The lowest BCUT2D eigenvalue weighted by molar-refractivity contribution is 0.0187. The minimum absolute atomic E-state index is 0.173. The molecule has 0 aromatic carbocycles. The maximum Gasteiger partial charge on any atom is 0.410 e. The first-order valence-electron chi connectivity index (χ1n) is 8.38. The van der Waals surface area contributed by atoms with Crippen molar-refractivity contribution >= 4 is 6.09 Å². The molecule has 0 radical (unpaired) electrons. The third-order valence-corrected chi connectivity index (χ3v) is 4.13. The molecule has 0 aliphatic carbocycles. The van der Waals surface area contributed by atoms with E-state index in [0.717, 1.165) is 39.0 Å². The van der Waals surface area contributed by atoms with Crippen molar-refractivity contribution in [2.75, 3.05) is 39.3 Å². The summed E-state index contributed by atoms with van der Waals surface area (Å²) in [5, 5.41) is 3.61. The number of ether oxygens (including phenoxy) is 1. The van der Waals surface area contributed by atoms with E-state index in [9.17, 15) is 4.79 Å². The Balaban J connectivity index is 1.68. The van der Waals surface area contributed by atoms with Crippen LogP contribution < -0.4 is 5.32 Å². The standard InChI is InChI=1S/C16H31N3O2/c1-16(2,3)21-15(20)19-11-6-7-14(13-19)17-8-12-18-9-4-5-10-18/h14,17H,4-13H2,1-3H3. The molecule has 21 heavy (non-hydrogen) atoms. The fourth-order valence-electron chi connectivity index (χ4n) is 3.07. The number of amides is 1. The lowest BCUT2D eigenvalue weighted by Crippen LogP contribution is -2.50. The van der Waals surface area contributed by atoms with Crippen molar-refractivity contribution in [3.63, 3.8) is 0 Å². The molecule has 2 aliphatic heterocycles. The van der Waals surface area contributed by atoms with E-state index >= 15 is 0 Å². The van der Waals surface area contributed by atoms with Crippen LogP contribution >= 0.6 is 0 Å². The summed E-state index contributed by atoms with van der Waals surface area (Å²) in [6, 6.07) is 0.411. The molecule has 0 bridgehead atoms. The first kappa shape index (κ1) is 16.6. The van der Waals surface area contributed by atoms with Gasteiger partial charge in [0.25, 0.3) is 0 Å². The van der Waals surface area contributed by atoms with Gasteiger partial charge in [0.05, 0.1) is 0 Å². The number of nitrogens with one attached hydrogen (secondary N) is 1. The van der Waals surface area contributed by atoms with Crippen LogP contribution in [-0.4, -0.2) is 66.8 Å². The normalized spacial score (nSPS) is 24.3. The second kappa shape index (κ2) is 7.45. The van der Waals surface area contributed by atoms with Crippen LogP contribution in [0.4, 0.5) is 4.79 Å². The lowest BCUT2D eigenvalue weighted by atomic mass is 10.1. The van der Waals surface area contributed by atoms with Crippen molar-refractivity contribution < 1.29 is 9.53 Å². The largest absolute Gasteiger partial charge is 0.444 e. The van der Waals surface area contributed by atoms with Crippen LogP contribution in [0.3, 0.4) is 0 Å². The van der Waals surface area contributed by atoms with Gasteiger partial charge in [0.15, 0.2) is 0 Å². The SMILES string of the molecule is CC(C)(C)OC(=O)N1CCCC(NCCN2CCCC2)C1. The van der Waals surface area contributed by atoms with Crippen LogP contribution in [0.25, 0.3) is 0 Å². The maximum atomic E-state index is 12.1. The van der Waals surface area contributed by atoms with Crippen molar-refractivity contribution in [2.45, 2.75) is 58.1 Å². The van der Waals surface area contributed by atoms with E-state index in [-0.39, 0.29) is 6.09 Å². The highest BCUT2D eigenvalue weighted by Gasteiger charge is 2.27. The molecule has 0 spiro atoms. The van der Waals surface area contributed by atoms with Gasteiger partial charge in [-0.25, -0.2) is 4.79 Å². The van der Waals surface area contributed by atoms with Gasteiger partial charge in [-0.05, 0) is 59.5 Å². The van der Waals surface area contributed by atoms with Crippen molar-refractivity contribution in [3.05, 3.63) is 0 Å². The molecular formula is C16H31N3O2. The monoisotopic (exact) mass is 297 g/mol. The van der Waals surface area contributed by atoms with Gasteiger partial charge in [0.1, 0.15) is 5.60 Å². The van der Waals surface area contributed by atoms with Gasteiger partial charge in [0.2, 0.25) is 0 Å². The third-order valence-electron chi connectivity index (χ3n) is 4.13. The number of carbonyl (C=O) groups is 1. The summed E-state index contributed by atoms with van der Waals surface area (Å²) in [6.45, 7) is 12.0. The Morgan fingerprint density at radius 2 is 1.90 bits per heavy atom. The lowest BCUT2D eigenvalue weighted by Gasteiger charge is -2.34. The molecule has 2 fully saturated rings. The molecule has 2 heterocycles. The smallest absolute Gasteiger partial charge is 0.410 e. The Bertz CT molecular complexity index is 335. The minimum Gasteiger partial charge on any atom is -0.444 e. The van der Waals surface area contributed by atoms with E-state index in [0.29, 0.717) is 6.04 Å². The molecule has 1 atom stereocenters. The molecular weight excluding hydrogens is 266 g/mol. The fraction of sp³-hybridized carbons (Fsp3) is 0.938. The van der Waals surface area contributed by atoms with Crippen LogP contribution in [0.2, 0.25) is 0 Å². The molecule has 2 saturated heterocycles. The van der Waals surface area contributed by atoms with Gasteiger partial charge < -0.3 is 19.9 Å². The summed E-state index contributed by atoms with van der Waals surface area (Å²) < 4.78 is 5.46. The number of piperidine rings is 1. The summed E-state index contributed by atoms with van der Waals surface area (Å²) in [7, 11) is 0. The van der Waals surface area contributed by atoms with Gasteiger partial charge in [-0.2, -0.15) is 0 Å². The number of nitrogens with zero attached hydrogens (tertiary/aromatic N) is 2. The number of likely N-dealkylation sites (tertiary alicyclic amines) is 2. The second-order valence-electron chi connectivity index (χ2n) is 7.27. The van der Waals surface area contributed by atoms with Gasteiger partial charge >= 0.3 is 6.09 Å². The fourth-order valence-corrected chi connectivity index (χ4v) is 3.07. The number of hydrogen-bond donors (Lipinski definition) is 1. The maximum absolute atomic E-state index is 12.1. The quantitative estimate of drug-likeness (QED) is 0.863. The van der Waals surface area contributed by atoms with E-state index in [1.54, 1.807) is 0 Å². The Morgan fingerprint density at radius 1 is 1.19 bits per heavy atom. The third kappa shape index (κ3) is 5.83. The van der Waals surface area contributed by atoms with Gasteiger partial charge in [-0.1, -0.05) is 0 Å². The van der Waals surface area contributed by atoms with Gasteiger partial charge in [0, 0.05) is 32.2 Å². The highest BCUT2D eigenvalue weighted by Crippen LogP contribution is 2.15. The Morgan fingerprint density at radius 3 is 2.57 bits per heavy atom. The Labute approximate surface area is 129 Å². The van der Waals surface area contributed by atoms with E-state index in [1.807, 2.05) is 25.7 Å². The highest BCUT2D eigenvalue weighted by atomic mass is 16.6. The van der Waals surface area contributed by atoms with E-state index in [1.165, 1.54) is 25.9 Å². The molecule has 1 amide bonds.